The van der Waals surface area contributed by atoms with Crippen molar-refractivity contribution in [3.8, 4) is 0 Å². The monoisotopic (exact) mass is 615 g/mol. The van der Waals surface area contributed by atoms with Crippen molar-refractivity contribution in [2.75, 3.05) is 26.2 Å². The van der Waals surface area contributed by atoms with Crippen LogP contribution in [0.25, 0.3) is 0 Å². The zero-order chi connectivity index (χ0) is 19.8. The molecule has 0 rings (SSSR count). The maximum absolute atomic E-state index is 8.42. The Balaban J connectivity index is -0.00000000722. The summed E-state index contributed by atoms with van der Waals surface area (Å²) >= 11 is 0. The van der Waals surface area contributed by atoms with Crippen molar-refractivity contribution < 1.29 is 415 Å². The molecule has 15 nitrogen and oxygen atoms in total. The summed E-state index contributed by atoms with van der Waals surface area (Å²) in [5, 5.41) is 104. The summed E-state index contributed by atoms with van der Waals surface area (Å²) in [6, 6.07) is 0. The van der Waals surface area contributed by atoms with Crippen LogP contribution in [0.4, 0.5) is 0 Å². The molecule has 0 amide bonds. The van der Waals surface area contributed by atoms with E-state index in [1.165, 1.54) is 0 Å². The third-order valence-corrected chi connectivity index (χ3v) is 0.642. The van der Waals surface area contributed by atoms with E-state index in [1.54, 1.807) is 0 Å². The Labute approximate surface area is 474 Å². The number of hydrogen-bond donors (Lipinski definition) is 3. The average molecular weight is 614 g/mol. The van der Waals surface area contributed by atoms with Crippen molar-refractivity contribution in [1.82, 2.24) is 5.32 Å². The van der Waals surface area contributed by atoms with Crippen LogP contribution in [0.1, 0.15) is 0 Å². The summed E-state index contributed by atoms with van der Waals surface area (Å²) < 4.78 is 0. The molecule has 0 fully saturated rings. The average Bonchev–Trinajstić information content (AvgIpc) is 2.26. The van der Waals surface area contributed by atoms with Crippen LogP contribution in [-0.2, 0) is 0 Å². The number of rotatable bonds is 4. The molecular weight excluding hydrogens is 601 g/mol. The fourth-order valence-electron chi connectivity index (χ4n) is 0.329. The summed E-state index contributed by atoms with van der Waals surface area (Å²) in [7, 11) is -11.7. The molecule has 0 aliphatic heterocycles. The first-order valence-corrected chi connectivity index (χ1v) is 5.35. The molecule has 0 unspecified atom stereocenters. The van der Waals surface area contributed by atoms with E-state index < -0.39 is 29.3 Å². The number of nitrogens with one attached hydrogen (secondary N) is 1. The predicted octanol–water partition coefficient (Wildman–Crippen LogP) is -53.2. The SMILES string of the molecule is NCCNCCN.[Na+].[Na+].[Na+].[Na+].[Na+].[Na+].[Na+].[Na+].[Na+].[Na+].[Na+].[Na+].[O-]B([O-])[O-].[O-]B([O-])[O-].[O-]B([O-])[O-].[O-]B([O-])[O-]. The summed E-state index contributed by atoms with van der Waals surface area (Å²) in [6.07, 6.45) is 0. The molecule has 0 spiro atoms. The molecule has 0 saturated heterocycles. The van der Waals surface area contributed by atoms with Crippen molar-refractivity contribution in [3.63, 3.8) is 0 Å². The first-order valence-electron chi connectivity index (χ1n) is 5.35. The molecule has 0 bridgehead atoms. The molecule has 0 aromatic rings. The zero-order valence-corrected chi connectivity index (χ0v) is 47.7. The van der Waals surface area contributed by atoms with Gasteiger partial charge in [-0.15, -0.1) is 0 Å². The van der Waals surface area contributed by atoms with Crippen LogP contribution in [0.15, 0.2) is 0 Å². The Morgan fingerprint density at radius 2 is 0.429 bits per heavy atom. The van der Waals surface area contributed by atoms with Gasteiger partial charge in [-0.25, -0.2) is 0 Å². The molecule has 31 heteroatoms. The second-order valence-corrected chi connectivity index (χ2v) is 2.48. The minimum atomic E-state index is -2.92. The second kappa shape index (κ2) is 111. The van der Waals surface area contributed by atoms with E-state index in [9.17, 15) is 0 Å². The summed E-state index contributed by atoms with van der Waals surface area (Å²) in [6.45, 7) is 3.13. The van der Waals surface area contributed by atoms with Gasteiger partial charge in [0.1, 0.15) is 0 Å². The Hall–Kier alpha value is 11.7. The third-order valence-electron chi connectivity index (χ3n) is 0.642. The van der Waals surface area contributed by atoms with E-state index in [2.05, 4.69) is 5.32 Å². The van der Waals surface area contributed by atoms with Crippen LogP contribution in [0.5, 0.6) is 0 Å². The summed E-state index contributed by atoms with van der Waals surface area (Å²) in [5.74, 6) is 0. The van der Waals surface area contributed by atoms with Gasteiger partial charge in [0, 0.05) is 26.2 Å². The summed E-state index contributed by atoms with van der Waals surface area (Å²) in [5.41, 5.74) is 10.3. The molecule has 5 N–H and O–H groups in total. The molecule has 140 valence electrons. The molecule has 0 aliphatic rings. The van der Waals surface area contributed by atoms with Gasteiger partial charge in [0.2, 0.25) is 0 Å². The van der Waals surface area contributed by atoms with Crippen molar-refractivity contribution in [2.45, 2.75) is 0 Å². The van der Waals surface area contributed by atoms with E-state index in [0.29, 0.717) is 13.1 Å². The van der Waals surface area contributed by atoms with Crippen molar-refractivity contribution in [3.05, 3.63) is 0 Å². The Morgan fingerprint density at radius 1 is 0.343 bits per heavy atom. The van der Waals surface area contributed by atoms with Gasteiger partial charge in [-0.1, -0.05) is 0 Å². The maximum Gasteiger partial charge on any atom is 1.00 e. The van der Waals surface area contributed by atoms with Gasteiger partial charge < -0.3 is 77.1 Å². The van der Waals surface area contributed by atoms with E-state index in [1.807, 2.05) is 0 Å². The number of nitrogens with two attached hydrogens (primary N) is 2. The third kappa shape index (κ3) is 355. The quantitative estimate of drug-likeness (QED) is 0.195. The largest absolute Gasteiger partial charge is 1.00 e. The van der Waals surface area contributed by atoms with Gasteiger partial charge in [-0.3, -0.25) is 29.3 Å². The van der Waals surface area contributed by atoms with Gasteiger partial charge in [0.25, 0.3) is 0 Å². The van der Waals surface area contributed by atoms with Crippen molar-refractivity contribution >= 4 is 29.3 Å². The summed E-state index contributed by atoms with van der Waals surface area (Å²) in [4.78, 5) is 0. The van der Waals surface area contributed by atoms with Crippen LogP contribution in [0.3, 0.4) is 0 Å². The van der Waals surface area contributed by atoms with Crippen molar-refractivity contribution in [1.29, 1.82) is 0 Å². The normalized spacial score (nSPS) is 4.97. The minimum absolute atomic E-state index is 0. The molecule has 0 saturated carbocycles. The second-order valence-electron chi connectivity index (χ2n) is 2.48. The maximum atomic E-state index is 8.42. The van der Waals surface area contributed by atoms with E-state index in [4.69, 9.17) is 71.8 Å². The van der Waals surface area contributed by atoms with Gasteiger partial charge in [-0.05, 0) is 0 Å². The Kier molecular flexibility index (Phi) is 350. The van der Waals surface area contributed by atoms with Gasteiger partial charge >= 0.3 is 355 Å². The van der Waals surface area contributed by atoms with Gasteiger partial charge in [0.15, 0.2) is 0 Å². The zero-order valence-electron chi connectivity index (χ0n) is 23.7. The standard InChI is InChI=1S/C4H13N3.4BO3.12Na/c5-1-3-7-4-2-6;4*2-1(3)4;;;;;;;;;;;;/h7H,1-6H2;;;;;;;;;;;;;;;;/q;4*-3;12*+1. The smallest absolute Gasteiger partial charge is 0.907 e. The molecule has 0 aromatic heterocycles. The predicted molar refractivity (Wildman–Crippen MR) is 54.0 cm³/mol. The fraction of sp³-hybridized carbons (Fsp3) is 1.00. The molecule has 35 heavy (non-hydrogen) atoms. The first kappa shape index (κ1) is 111. The fourth-order valence-corrected chi connectivity index (χ4v) is 0.329. The molecule has 0 radical (unpaired) electrons. The van der Waals surface area contributed by atoms with E-state index in [0.717, 1.165) is 13.1 Å². The molecule has 0 aromatic carbocycles. The van der Waals surface area contributed by atoms with E-state index >= 15 is 0 Å². The Bertz CT molecular complexity index is 165. The van der Waals surface area contributed by atoms with Crippen LogP contribution in [0.2, 0.25) is 0 Å². The van der Waals surface area contributed by atoms with Crippen LogP contribution >= 0.6 is 0 Å². The van der Waals surface area contributed by atoms with E-state index in [-0.39, 0.29) is 355 Å². The molecule has 0 aliphatic carbocycles. The molecular formula is C4H13B4N3Na12O12. The molecule has 0 atom stereocenters. The van der Waals surface area contributed by atoms with Crippen molar-refractivity contribution in [2.24, 2.45) is 11.5 Å². The van der Waals surface area contributed by atoms with Gasteiger partial charge in [-0.2, -0.15) is 0 Å². The Morgan fingerprint density at radius 3 is 0.486 bits per heavy atom. The minimum Gasteiger partial charge on any atom is -0.907 e. The van der Waals surface area contributed by atoms with Crippen LogP contribution in [-0.4, -0.2) is 55.5 Å². The van der Waals surface area contributed by atoms with Crippen LogP contribution < -0.4 is 432 Å². The van der Waals surface area contributed by atoms with Gasteiger partial charge in [0.05, 0.1) is 0 Å². The molecule has 0 heterocycles. The van der Waals surface area contributed by atoms with Crippen LogP contribution in [0, 0.1) is 0 Å². The topological polar surface area (TPSA) is 341 Å². The number of hydrogen-bond acceptors (Lipinski definition) is 15. The first-order chi connectivity index (χ1) is 10.3.